The molecule has 18 heavy (non-hydrogen) atoms. The first-order chi connectivity index (χ1) is 9.00. The van der Waals surface area contributed by atoms with Gasteiger partial charge in [0, 0.05) is 26.2 Å². The van der Waals surface area contributed by atoms with Crippen LogP contribution in [0, 0.1) is 0 Å². The van der Waals surface area contributed by atoms with Crippen LogP contribution in [0.5, 0.6) is 0 Å². The third-order valence-corrected chi connectivity index (χ3v) is 2.26. The van der Waals surface area contributed by atoms with Crippen molar-refractivity contribution in [2.75, 3.05) is 65.8 Å². The topological polar surface area (TPSA) is 61.0 Å². The van der Waals surface area contributed by atoms with Gasteiger partial charge in [-0.05, 0) is 0 Å². The number of hydrogen-bond donors (Lipinski definition) is 2. The fraction of sp³-hybridized carbons (Fsp3) is 0.833. The largest absolute Gasteiger partial charge is 0.497 e. The molecule has 2 N–H and O–H groups in total. The van der Waals surface area contributed by atoms with E-state index >= 15 is 0 Å². The lowest BCUT2D eigenvalue weighted by Gasteiger charge is -2.08. The van der Waals surface area contributed by atoms with Gasteiger partial charge >= 0.3 is 0 Å². The zero-order valence-corrected chi connectivity index (χ0v) is 10.9. The molecule has 1 rings (SSSR count). The lowest BCUT2D eigenvalue weighted by Crippen LogP contribution is -2.25. The van der Waals surface area contributed by atoms with E-state index in [9.17, 15) is 0 Å². The molecule has 0 aromatic heterocycles. The minimum atomic E-state index is 0.626. The summed E-state index contributed by atoms with van der Waals surface area (Å²) in [7, 11) is 0. The van der Waals surface area contributed by atoms with E-state index in [1.165, 1.54) is 0 Å². The van der Waals surface area contributed by atoms with E-state index in [2.05, 4.69) is 10.6 Å². The van der Waals surface area contributed by atoms with E-state index in [-0.39, 0.29) is 0 Å². The first kappa shape index (κ1) is 15.2. The average Bonchev–Trinajstić information content (AvgIpc) is 2.39. The van der Waals surface area contributed by atoms with Crippen molar-refractivity contribution in [2.45, 2.75) is 0 Å². The van der Waals surface area contributed by atoms with Crippen LogP contribution in [0.1, 0.15) is 0 Å². The van der Waals surface area contributed by atoms with E-state index < -0.39 is 0 Å². The van der Waals surface area contributed by atoms with Gasteiger partial charge in [0.05, 0.1) is 39.6 Å². The maximum Gasteiger partial charge on any atom is 0.117 e. The van der Waals surface area contributed by atoms with Gasteiger partial charge in [-0.3, -0.25) is 0 Å². The van der Waals surface area contributed by atoms with Crippen molar-refractivity contribution in [3.8, 4) is 0 Å². The highest BCUT2D eigenvalue weighted by Gasteiger charge is 1.92. The van der Waals surface area contributed by atoms with Crippen LogP contribution in [-0.2, 0) is 18.9 Å². The Kier molecular flexibility index (Phi) is 10.7. The van der Waals surface area contributed by atoms with Crippen molar-refractivity contribution >= 4 is 0 Å². The quantitative estimate of drug-likeness (QED) is 0.624. The fourth-order valence-electron chi connectivity index (χ4n) is 1.34. The molecule has 1 aliphatic rings. The molecule has 0 bridgehead atoms. The zero-order chi connectivity index (χ0) is 12.7. The molecule has 0 saturated carbocycles. The van der Waals surface area contributed by atoms with Crippen LogP contribution in [0.25, 0.3) is 0 Å². The smallest absolute Gasteiger partial charge is 0.117 e. The van der Waals surface area contributed by atoms with Crippen molar-refractivity contribution in [2.24, 2.45) is 0 Å². The standard InChI is InChI=1S/C12H24N2O4/c1-5-15-9-10-17-7-3-14-4-8-18-12-11-16-6-2-13-1/h9-10,13-14H,1-8,11-12H2/b10-9+. The summed E-state index contributed by atoms with van der Waals surface area (Å²) in [6.45, 7) is 7.17. The molecule has 0 spiro atoms. The molecule has 0 aromatic rings. The van der Waals surface area contributed by atoms with Gasteiger partial charge in [-0.1, -0.05) is 0 Å². The number of nitrogens with one attached hydrogen (secondary N) is 2. The Hall–Kier alpha value is -0.820. The molecule has 1 aliphatic heterocycles. The van der Waals surface area contributed by atoms with E-state index in [0.29, 0.717) is 39.6 Å². The lowest BCUT2D eigenvalue weighted by molar-refractivity contribution is 0.0492. The highest BCUT2D eigenvalue weighted by Crippen LogP contribution is 1.82. The van der Waals surface area contributed by atoms with E-state index in [1.54, 1.807) is 12.5 Å². The Morgan fingerprint density at radius 1 is 0.556 bits per heavy atom. The van der Waals surface area contributed by atoms with E-state index in [1.807, 2.05) is 0 Å². The normalized spacial score (nSPS) is 24.0. The second kappa shape index (κ2) is 12.6. The van der Waals surface area contributed by atoms with Crippen LogP contribution in [0.15, 0.2) is 12.5 Å². The summed E-state index contributed by atoms with van der Waals surface area (Å²) in [5.74, 6) is 0. The first-order valence-electron chi connectivity index (χ1n) is 6.45. The van der Waals surface area contributed by atoms with Crippen LogP contribution in [0.3, 0.4) is 0 Å². The highest BCUT2D eigenvalue weighted by atomic mass is 16.5. The molecule has 6 heteroatoms. The fourth-order valence-corrected chi connectivity index (χ4v) is 1.34. The Bertz CT molecular complexity index is 183. The average molecular weight is 260 g/mol. The molecular formula is C12H24N2O4. The molecule has 0 aliphatic carbocycles. The SMILES string of the molecule is C1=C/OCCNCCOCCOCCNCCO/1. The molecule has 0 saturated heterocycles. The monoisotopic (exact) mass is 260 g/mol. The predicted octanol–water partition coefficient (Wildman–Crippen LogP) is -0.283. The van der Waals surface area contributed by atoms with Crippen LogP contribution in [0.4, 0.5) is 0 Å². The van der Waals surface area contributed by atoms with Gasteiger partial charge in [-0.25, -0.2) is 0 Å². The Morgan fingerprint density at radius 2 is 1.00 bits per heavy atom. The summed E-state index contributed by atoms with van der Waals surface area (Å²) in [4.78, 5) is 0. The minimum absolute atomic E-state index is 0.626. The highest BCUT2D eigenvalue weighted by molar-refractivity contribution is 4.62. The van der Waals surface area contributed by atoms with Crippen molar-refractivity contribution < 1.29 is 18.9 Å². The van der Waals surface area contributed by atoms with E-state index in [4.69, 9.17) is 18.9 Å². The van der Waals surface area contributed by atoms with Gasteiger partial charge in [0.15, 0.2) is 0 Å². The van der Waals surface area contributed by atoms with Crippen LogP contribution in [0.2, 0.25) is 0 Å². The zero-order valence-electron chi connectivity index (χ0n) is 10.9. The lowest BCUT2D eigenvalue weighted by atomic mass is 10.6. The molecule has 0 amide bonds. The molecular weight excluding hydrogens is 236 g/mol. The molecule has 0 unspecified atom stereocenters. The number of hydrogen-bond acceptors (Lipinski definition) is 6. The van der Waals surface area contributed by atoms with Gasteiger partial charge in [-0.2, -0.15) is 0 Å². The minimum Gasteiger partial charge on any atom is -0.497 e. The molecule has 0 aromatic carbocycles. The maximum absolute atomic E-state index is 5.40. The summed E-state index contributed by atoms with van der Waals surface area (Å²) < 4.78 is 21.3. The van der Waals surface area contributed by atoms with Gasteiger partial charge in [0.1, 0.15) is 12.5 Å². The molecule has 0 atom stereocenters. The van der Waals surface area contributed by atoms with Gasteiger partial charge in [0.25, 0.3) is 0 Å². The first-order valence-corrected chi connectivity index (χ1v) is 6.45. The van der Waals surface area contributed by atoms with Crippen LogP contribution in [-0.4, -0.2) is 65.8 Å². The summed E-state index contributed by atoms with van der Waals surface area (Å²) in [5.41, 5.74) is 0. The molecule has 1 heterocycles. The molecule has 6 nitrogen and oxygen atoms in total. The summed E-state index contributed by atoms with van der Waals surface area (Å²) >= 11 is 0. The molecule has 0 fully saturated rings. The van der Waals surface area contributed by atoms with Crippen molar-refractivity contribution in [1.29, 1.82) is 0 Å². The van der Waals surface area contributed by atoms with Gasteiger partial charge < -0.3 is 29.6 Å². The molecule has 106 valence electrons. The third-order valence-electron chi connectivity index (χ3n) is 2.26. The second-order valence-corrected chi connectivity index (χ2v) is 3.74. The summed E-state index contributed by atoms with van der Waals surface area (Å²) in [6, 6.07) is 0. The van der Waals surface area contributed by atoms with Crippen LogP contribution >= 0.6 is 0 Å². The van der Waals surface area contributed by atoms with Crippen molar-refractivity contribution in [3.63, 3.8) is 0 Å². The Labute approximate surface area is 109 Å². The Balaban J connectivity index is 2.06. The second-order valence-electron chi connectivity index (χ2n) is 3.74. The third kappa shape index (κ3) is 10.3. The van der Waals surface area contributed by atoms with Gasteiger partial charge in [-0.15, -0.1) is 0 Å². The predicted molar refractivity (Wildman–Crippen MR) is 68.4 cm³/mol. The summed E-state index contributed by atoms with van der Waals surface area (Å²) in [6.07, 6.45) is 3.15. The maximum atomic E-state index is 5.40. The van der Waals surface area contributed by atoms with Gasteiger partial charge in [0.2, 0.25) is 0 Å². The van der Waals surface area contributed by atoms with Crippen LogP contribution < -0.4 is 10.6 Å². The Morgan fingerprint density at radius 3 is 1.50 bits per heavy atom. The number of rotatable bonds is 0. The molecule has 0 radical (unpaired) electrons. The summed E-state index contributed by atoms with van der Waals surface area (Å²) in [5, 5.41) is 6.43. The number of ether oxygens (including phenoxy) is 4. The van der Waals surface area contributed by atoms with Crippen molar-refractivity contribution in [3.05, 3.63) is 12.5 Å². The van der Waals surface area contributed by atoms with E-state index in [0.717, 1.165) is 26.2 Å². The van der Waals surface area contributed by atoms with Crippen molar-refractivity contribution in [1.82, 2.24) is 10.6 Å².